The maximum atomic E-state index is 13.9. The molecule has 0 amide bonds. The van der Waals surface area contributed by atoms with E-state index in [1.807, 2.05) is 13.0 Å². The van der Waals surface area contributed by atoms with E-state index in [4.69, 9.17) is 9.47 Å². The molecule has 0 spiro atoms. The van der Waals surface area contributed by atoms with Crippen LogP contribution in [-0.2, 0) is 14.3 Å². The van der Waals surface area contributed by atoms with E-state index < -0.39 is 16.9 Å². The highest BCUT2D eigenvalue weighted by molar-refractivity contribution is 5.86. The first-order chi connectivity index (χ1) is 13.0. The molecule has 4 aliphatic rings. The number of hydrogen-bond donors (Lipinski definition) is 1. The van der Waals surface area contributed by atoms with Crippen molar-refractivity contribution in [3.8, 4) is 0 Å². The Labute approximate surface area is 170 Å². The van der Waals surface area contributed by atoms with Crippen molar-refractivity contribution in [2.75, 3.05) is 13.2 Å². The molecule has 2 bridgehead atoms. The number of ether oxygens (including phenoxy) is 2. The van der Waals surface area contributed by atoms with Crippen molar-refractivity contribution in [1.29, 1.82) is 0 Å². The number of ketones is 1. The molecule has 158 valence electrons. The van der Waals surface area contributed by atoms with Gasteiger partial charge in [0.15, 0.2) is 6.29 Å². The van der Waals surface area contributed by atoms with Gasteiger partial charge in [-0.15, -0.1) is 6.58 Å². The van der Waals surface area contributed by atoms with E-state index in [0.29, 0.717) is 25.6 Å². The third-order valence-corrected chi connectivity index (χ3v) is 9.84. The normalized spacial score (nSPS) is 51.4. The Morgan fingerprint density at radius 3 is 2.32 bits per heavy atom. The third kappa shape index (κ3) is 2.37. The average molecular weight is 391 g/mol. The number of hydrogen-bond acceptors (Lipinski definition) is 4. The van der Waals surface area contributed by atoms with Crippen LogP contribution in [0.15, 0.2) is 12.7 Å². The summed E-state index contributed by atoms with van der Waals surface area (Å²) in [6.45, 7) is 16.3. The van der Waals surface area contributed by atoms with Crippen LogP contribution in [0.1, 0.15) is 66.7 Å². The van der Waals surface area contributed by atoms with Crippen molar-refractivity contribution in [3.05, 3.63) is 12.7 Å². The summed E-state index contributed by atoms with van der Waals surface area (Å²) in [6.07, 6.45) is 5.50. The molecule has 7 atom stereocenters. The van der Waals surface area contributed by atoms with Crippen molar-refractivity contribution in [2.24, 2.45) is 39.4 Å². The maximum absolute atomic E-state index is 13.9. The van der Waals surface area contributed by atoms with Crippen molar-refractivity contribution in [2.45, 2.75) is 79.1 Å². The Morgan fingerprint density at radius 1 is 1.11 bits per heavy atom. The predicted molar refractivity (Wildman–Crippen MR) is 109 cm³/mol. The lowest BCUT2D eigenvalue weighted by atomic mass is 9.39. The molecule has 4 heteroatoms. The van der Waals surface area contributed by atoms with Gasteiger partial charge < -0.3 is 14.6 Å². The number of carbonyl (C=O) groups is 1. The van der Waals surface area contributed by atoms with Crippen molar-refractivity contribution in [3.63, 3.8) is 0 Å². The third-order valence-electron chi connectivity index (χ3n) is 9.84. The molecule has 4 fully saturated rings. The molecule has 1 aliphatic heterocycles. The van der Waals surface area contributed by atoms with E-state index in [2.05, 4.69) is 34.3 Å². The topological polar surface area (TPSA) is 55.8 Å². The molecule has 0 radical (unpaired) electrons. The molecule has 3 unspecified atom stereocenters. The lowest BCUT2D eigenvalue weighted by molar-refractivity contribution is -0.212. The quantitative estimate of drug-likeness (QED) is 0.712. The van der Waals surface area contributed by atoms with Gasteiger partial charge in [0.25, 0.3) is 0 Å². The Balaban J connectivity index is 1.92. The van der Waals surface area contributed by atoms with E-state index >= 15 is 0 Å². The standard InChI is InChI=1S/C24H38O4/c1-7-22(5)14-17(25)23(6)15(2)8-10-24(21(3,4)20(22)26)11-9-16(18(23)24)19-27-12-13-28-19/h7,15-16,18-20,26H,1,8-14H2,2-6H3/t15-,16-,18?,20?,22+,23+,24?/m1/s1. The largest absolute Gasteiger partial charge is 0.392 e. The summed E-state index contributed by atoms with van der Waals surface area (Å²) in [5, 5.41) is 11.6. The zero-order valence-corrected chi connectivity index (χ0v) is 18.3. The number of Topliss-reactive ketones (excluding diaryl/α,β-unsaturated/α-hetero) is 1. The van der Waals surface area contributed by atoms with Crippen LogP contribution < -0.4 is 0 Å². The van der Waals surface area contributed by atoms with Crippen LogP contribution >= 0.6 is 0 Å². The van der Waals surface area contributed by atoms with Gasteiger partial charge in [0.2, 0.25) is 0 Å². The van der Waals surface area contributed by atoms with E-state index in [9.17, 15) is 9.90 Å². The molecule has 1 N–H and O–H groups in total. The highest BCUT2D eigenvalue weighted by atomic mass is 16.7. The highest BCUT2D eigenvalue weighted by Crippen LogP contribution is 2.73. The number of carbonyl (C=O) groups excluding carboxylic acids is 1. The molecule has 0 aromatic heterocycles. The SMILES string of the molecule is C=C[C@@]1(C)CC(=O)[C@@]2(C)C3[C@H](C4OCCO4)CCC3(CC[C@H]2C)C(C)(C)C1O. The molecule has 3 saturated carbocycles. The van der Waals surface area contributed by atoms with Gasteiger partial charge >= 0.3 is 0 Å². The van der Waals surface area contributed by atoms with Gasteiger partial charge in [-0.25, -0.2) is 0 Å². The predicted octanol–water partition coefficient (Wildman–Crippen LogP) is 4.36. The first-order valence-corrected chi connectivity index (χ1v) is 11.1. The fourth-order valence-electron chi connectivity index (χ4n) is 7.86. The fraction of sp³-hybridized carbons (Fsp3) is 0.875. The van der Waals surface area contributed by atoms with Gasteiger partial charge in [0.05, 0.1) is 19.3 Å². The first-order valence-electron chi connectivity index (χ1n) is 11.1. The molecule has 4 nitrogen and oxygen atoms in total. The van der Waals surface area contributed by atoms with Crippen LogP contribution in [-0.4, -0.2) is 36.5 Å². The number of aliphatic hydroxyl groups is 1. The second-order valence-corrected chi connectivity index (χ2v) is 11.1. The summed E-state index contributed by atoms with van der Waals surface area (Å²) in [5.41, 5.74) is -1.43. The van der Waals surface area contributed by atoms with Crippen molar-refractivity contribution >= 4 is 5.78 Å². The fourth-order valence-corrected chi connectivity index (χ4v) is 7.86. The average Bonchev–Trinajstić information content (AvgIpc) is 3.31. The molecule has 3 aliphatic carbocycles. The van der Waals surface area contributed by atoms with E-state index in [1.165, 1.54) is 0 Å². The van der Waals surface area contributed by atoms with Crippen LogP contribution in [0.2, 0.25) is 0 Å². The summed E-state index contributed by atoms with van der Waals surface area (Å²) in [6, 6.07) is 0. The second kappa shape index (κ2) is 6.39. The van der Waals surface area contributed by atoms with Gasteiger partial charge in [-0.2, -0.15) is 0 Å². The molecular weight excluding hydrogens is 352 g/mol. The summed E-state index contributed by atoms with van der Waals surface area (Å²) >= 11 is 0. The van der Waals surface area contributed by atoms with Crippen LogP contribution in [0, 0.1) is 39.4 Å². The molecule has 0 aromatic carbocycles. The minimum Gasteiger partial charge on any atom is -0.392 e. The Morgan fingerprint density at radius 2 is 1.71 bits per heavy atom. The van der Waals surface area contributed by atoms with Crippen LogP contribution in [0.4, 0.5) is 0 Å². The van der Waals surface area contributed by atoms with Gasteiger partial charge in [0, 0.05) is 23.2 Å². The van der Waals surface area contributed by atoms with Gasteiger partial charge in [-0.05, 0) is 48.3 Å². The highest BCUT2D eigenvalue weighted by Gasteiger charge is 2.71. The van der Waals surface area contributed by atoms with Gasteiger partial charge in [-0.1, -0.05) is 40.7 Å². The summed E-state index contributed by atoms with van der Waals surface area (Å²) in [7, 11) is 0. The molecular formula is C24H38O4. The lowest BCUT2D eigenvalue weighted by Gasteiger charge is -2.64. The molecule has 0 aromatic rings. The Kier molecular flexibility index (Phi) is 4.69. The van der Waals surface area contributed by atoms with Gasteiger partial charge in [-0.3, -0.25) is 4.79 Å². The second-order valence-electron chi connectivity index (χ2n) is 11.1. The van der Waals surface area contributed by atoms with E-state index in [-0.39, 0.29) is 34.7 Å². The lowest BCUT2D eigenvalue weighted by Crippen LogP contribution is -2.65. The molecule has 28 heavy (non-hydrogen) atoms. The van der Waals surface area contributed by atoms with Gasteiger partial charge in [0.1, 0.15) is 5.78 Å². The summed E-state index contributed by atoms with van der Waals surface area (Å²) in [4.78, 5) is 13.9. The monoisotopic (exact) mass is 390 g/mol. The van der Waals surface area contributed by atoms with E-state index in [1.54, 1.807) is 0 Å². The first kappa shape index (κ1) is 20.6. The molecule has 4 rings (SSSR count). The zero-order chi connectivity index (χ0) is 20.5. The van der Waals surface area contributed by atoms with Crippen molar-refractivity contribution < 1.29 is 19.4 Å². The van der Waals surface area contributed by atoms with Crippen LogP contribution in [0.25, 0.3) is 0 Å². The maximum Gasteiger partial charge on any atom is 0.160 e. The minimum atomic E-state index is -0.605. The van der Waals surface area contributed by atoms with Crippen LogP contribution in [0.3, 0.4) is 0 Å². The zero-order valence-electron chi connectivity index (χ0n) is 18.3. The molecule has 1 heterocycles. The summed E-state index contributed by atoms with van der Waals surface area (Å²) < 4.78 is 12.0. The number of rotatable bonds is 2. The van der Waals surface area contributed by atoms with Crippen molar-refractivity contribution in [1.82, 2.24) is 0 Å². The summed E-state index contributed by atoms with van der Waals surface area (Å²) in [5.74, 6) is 1.01. The smallest absolute Gasteiger partial charge is 0.160 e. The molecule has 1 saturated heterocycles. The van der Waals surface area contributed by atoms with E-state index in [0.717, 1.165) is 25.7 Å². The number of aliphatic hydroxyl groups excluding tert-OH is 1. The minimum absolute atomic E-state index is 0.0893. The van der Waals surface area contributed by atoms with Crippen LogP contribution in [0.5, 0.6) is 0 Å². The Bertz CT molecular complexity index is 666. The Hall–Kier alpha value is -0.710.